The molecule has 6 heteroatoms. The van der Waals surface area contributed by atoms with E-state index in [2.05, 4.69) is 5.32 Å². The Hall–Kier alpha value is -2.13. The minimum Gasteiger partial charge on any atom is -0.380 e. The van der Waals surface area contributed by atoms with Crippen molar-refractivity contribution in [1.29, 1.82) is 5.26 Å². The monoisotopic (exact) mass is 277 g/mol. The Kier molecular flexibility index (Phi) is 5.94. The maximum Gasteiger partial charge on any atom is 0.270 e. The Bertz CT molecular complexity index is 509. The van der Waals surface area contributed by atoms with Gasteiger partial charge in [0.1, 0.15) is 6.07 Å². The maximum atomic E-state index is 10.7. The molecule has 0 amide bonds. The van der Waals surface area contributed by atoms with Crippen molar-refractivity contribution >= 4 is 11.4 Å². The lowest BCUT2D eigenvalue weighted by molar-refractivity contribution is -0.384. The van der Waals surface area contributed by atoms with Crippen LogP contribution in [0.2, 0.25) is 0 Å². The smallest absolute Gasteiger partial charge is 0.270 e. The molecule has 1 aromatic rings. The Balaban J connectivity index is 2.95. The number of hydrogen-bond acceptors (Lipinski definition) is 5. The van der Waals surface area contributed by atoms with E-state index >= 15 is 0 Å². The third kappa shape index (κ3) is 4.21. The third-order valence-electron chi connectivity index (χ3n) is 2.98. The number of nitro groups is 1. The largest absolute Gasteiger partial charge is 0.380 e. The van der Waals surface area contributed by atoms with Crippen molar-refractivity contribution in [2.24, 2.45) is 5.92 Å². The SMILES string of the molecule is CCOCC(Nc1ccc([N+](=O)[O-])cc1C#N)C(C)C. The predicted octanol–water partition coefficient (Wildman–Crippen LogP) is 2.94. The summed E-state index contributed by atoms with van der Waals surface area (Å²) in [4.78, 5) is 10.2. The molecule has 1 aromatic carbocycles. The van der Waals surface area contributed by atoms with Crippen LogP contribution in [0.1, 0.15) is 26.3 Å². The molecule has 1 rings (SSSR count). The Morgan fingerprint density at radius 1 is 1.50 bits per heavy atom. The number of nitro benzene ring substituents is 1. The lowest BCUT2D eigenvalue weighted by Crippen LogP contribution is -2.31. The average Bonchev–Trinajstić information content (AvgIpc) is 2.42. The maximum absolute atomic E-state index is 10.7. The van der Waals surface area contributed by atoms with Crippen LogP contribution in [0.3, 0.4) is 0 Å². The lowest BCUT2D eigenvalue weighted by atomic mass is 10.0. The highest BCUT2D eigenvalue weighted by atomic mass is 16.6. The van der Waals surface area contributed by atoms with Gasteiger partial charge < -0.3 is 10.1 Å². The van der Waals surface area contributed by atoms with Crippen molar-refractivity contribution in [3.05, 3.63) is 33.9 Å². The molecule has 0 saturated heterocycles. The van der Waals surface area contributed by atoms with Crippen LogP contribution >= 0.6 is 0 Å². The average molecular weight is 277 g/mol. The van der Waals surface area contributed by atoms with Crippen molar-refractivity contribution in [2.45, 2.75) is 26.8 Å². The Labute approximate surface area is 118 Å². The highest BCUT2D eigenvalue weighted by Gasteiger charge is 2.17. The van der Waals surface area contributed by atoms with E-state index in [1.165, 1.54) is 12.1 Å². The fraction of sp³-hybridized carbons (Fsp3) is 0.500. The first-order valence-electron chi connectivity index (χ1n) is 6.52. The molecule has 0 aromatic heterocycles. The zero-order chi connectivity index (χ0) is 15.1. The summed E-state index contributed by atoms with van der Waals surface area (Å²) >= 11 is 0. The fourth-order valence-corrected chi connectivity index (χ4v) is 1.71. The summed E-state index contributed by atoms with van der Waals surface area (Å²) in [6.45, 7) is 7.17. The third-order valence-corrected chi connectivity index (χ3v) is 2.98. The van der Waals surface area contributed by atoms with Crippen LogP contribution in [0, 0.1) is 27.4 Å². The summed E-state index contributed by atoms with van der Waals surface area (Å²) in [5.74, 6) is 0.309. The van der Waals surface area contributed by atoms with Gasteiger partial charge >= 0.3 is 0 Å². The Morgan fingerprint density at radius 2 is 2.20 bits per heavy atom. The lowest BCUT2D eigenvalue weighted by Gasteiger charge is -2.23. The van der Waals surface area contributed by atoms with E-state index in [4.69, 9.17) is 10.00 Å². The van der Waals surface area contributed by atoms with Gasteiger partial charge in [-0.25, -0.2) is 0 Å². The molecule has 0 bridgehead atoms. The van der Waals surface area contributed by atoms with Crippen LogP contribution in [0.15, 0.2) is 18.2 Å². The molecule has 0 heterocycles. The number of non-ortho nitro benzene ring substituents is 1. The minimum absolute atomic E-state index is 0.0449. The fourth-order valence-electron chi connectivity index (χ4n) is 1.71. The zero-order valence-corrected chi connectivity index (χ0v) is 11.9. The number of ether oxygens (including phenoxy) is 1. The molecule has 0 fully saturated rings. The van der Waals surface area contributed by atoms with Gasteiger partial charge in [0, 0.05) is 18.7 Å². The quantitative estimate of drug-likeness (QED) is 0.611. The van der Waals surface area contributed by atoms with E-state index in [0.29, 0.717) is 24.8 Å². The van der Waals surface area contributed by atoms with E-state index in [0.717, 1.165) is 0 Å². The normalized spacial score (nSPS) is 11.9. The number of anilines is 1. The molecule has 0 spiro atoms. The molecule has 1 N–H and O–H groups in total. The van der Waals surface area contributed by atoms with Crippen LogP contribution in [0.4, 0.5) is 11.4 Å². The first-order valence-corrected chi connectivity index (χ1v) is 6.52. The minimum atomic E-state index is -0.509. The summed E-state index contributed by atoms with van der Waals surface area (Å²) in [6, 6.07) is 6.26. The molecule has 0 radical (unpaired) electrons. The number of nitriles is 1. The molecule has 108 valence electrons. The van der Waals surface area contributed by atoms with E-state index in [1.54, 1.807) is 6.07 Å². The Morgan fingerprint density at radius 3 is 2.70 bits per heavy atom. The molecule has 6 nitrogen and oxygen atoms in total. The standard InChI is InChI=1S/C14H19N3O3/c1-4-20-9-14(10(2)3)16-13-6-5-12(17(18)19)7-11(13)8-15/h5-7,10,14,16H,4,9H2,1-3H3. The van der Waals surface area contributed by atoms with Gasteiger partial charge in [0.15, 0.2) is 0 Å². The van der Waals surface area contributed by atoms with Gasteiger partial charge in [0.2, 0.25) is 0 Å². The first-order chi connectivity index (χ1) is 9.49. The van der Waals surface area contributed by atoms with Crippen LogP contribution < -0.4 is 5.32 Å². The molecule has 0 aliphatic rings. The number of rotatable bonds is 7. The van der Waals surface area contributed by atoms with Crippen molar-refractivity contribution in [3.8, 4) is 6.07 Å². The summed E-state index contributed by atoms with van der Waals surface area (Å²) in [5, 5.41) is 23.0. The topological polar surface area (TPSA) is 88.2 Å². The van der Waals surface area contributed by atoms with E-state index in [9.17, 15) is 10.1 Å². The van der Waals surface area contributed by atoms with E-state index in [1.807, 2.05) is 26.8 Å². The molecule has 0 aliphatic carbocycles. The zero-order valence-electron chi connectivity index (χ0n) is 11.9. The highest BCUT2D eigenvalue weighted by molar-refractivity contribution is 5.61. The molecule has 0 aliphatic heterocycles. The van der Waals surface area contributed by atoms with Crippen LogP contribution in [-0.4, -0.2) is 24.2 Å². The first kappa shape index (κ1) is 15.9. The second kappa shape index (κ2) is 7.46. The van der Waals surface area contributed by atoms with Crippen molar-refractivity contribution < 1.29 is 9.66 Å². The summed E-state index contributed by atoms with van der Waals surface area (Å²) in [5.41, 5.74) is 0.774. The van der Waals surface area contributed by atoms with E-state index in [-0.39, 0.29) is 17.3 Å². The van der Waals surface area contributed by atoms with Crippen LogP contribution in [0.5, 0.6) is 0 Å². The van der Waals surface area contributed by atoms with Gasteiger partial charge in [-0.3, -0.25) is 10.1 Å². The van der Waals surface area contributed by atoms with Crippen molar-refractivity contribution in [1.82, 2.24) is 0 Å². The second-order valence-corrected chi connectivity index (χ2v) is 4.75. The second-order valence-electron chi connectivity index (χ2n) is 4.75. The molecular formula is C14H19N3O3. The highest BCUT2D eigenvalue weighted by Crippen LogP contribution is 2.23. The number of benzene rings is 1. The van der Waals surface area contributed by atoms with Gasteiger partial charge in [-0.1, -0.05) is 13.8 Å². The van der Waals surface area contributed by atoms with Gasteiger partial charge in [-0.15, -0.1) is 0 Å². The van der Waals surface area contributed by atoms with Gasteiger partial charge in [-0.2, -0.15) is 5.26 Å². The van der Waals surface area contributed by atoms with Gasteiger partial charge in [0.05, 0.1) is 28.8 Å². The number of hydrogen-bond donors (Lipinski definition) is 1. The van der Waals surface area contributed by atoms with Crippen molar-refractivity contribution in [3.63, 3.8) is 0 Å². The summed E-state index contributed by atoms with van der Waals surface area (Å²) < 4.78 is 5.41. The molecule has 20 heavy (non-hydrogen) atoms. The summed E-state index contributed by atoms with van der Waals surface area (Å²) in [7, 11) is 0. The molecule has 1 atom stereocenters. The van der Waals surface area contributed by atoms with Crippen LogP contribution in [0.25, 0.3) is 0 Å². The number of nitrogens with one attached hydrogen (secondary N) is 1. The molecule has 0 saturated carbocycles. The number of nitrogens with zero attached hydrogens (tertiary/aromatic N) is 2. The van der Waals surface area contributed by atoms with Gasteiger partial charge in [0.25, 0.3) is 5.69 Å². The van der Waals surface area contributed by atoms with Crippen LogP contribution in [-0.2, 0) is 4.74 Å². The predicted molar refractivity (Wildman–Crippen MR) is 76.6 cm³/mol. The van der Waals surface area contributed by atoms with Gasteiger partial charge in [-0.05, 0) is 18.9 Å². The summed E-state index contributed by atoms with van der Waals surface area (Å²) in [6.07, 6.45) is 0. The molecular weight excluding hydrogens is 258 g/mol. The van der Waals surface area contributed by atoms with Crippen molar-refractivity contribution in [2.75, 3.05) is 18.5 Å². The molecule has 1 unspecified atom stereocenters. The van der Waals surface area contributed by atoms with E-state index < -0.39 is 4.92 Å².